The van der Waals surface area contributed by atoms with Crippen molar-refractivity contribution in [3.05, 3.63) is 53.7 Å². The number of nitrogens with one attached hydrogen (secondary N) is 2. The number of carbonyl (C=O) groups excluding carboxylic acids is 1. The van der Waals surface area contributed by atoms with Crippen molar-refractivity contribution in [2.75, 3.05) is 57.5 Å². The van der Waals surface area contributed by atoms with E-state index < -0.39 is 32.6 Å². The van der Waals surface area contributed by atoms with Gasteiger partial charge >= 0.3 is 212 Å². The molecule has 0 spiro atoms. The Morgan fingerprint density at radius 3 is 2.71 bits per heavy atom. The fourth-order valence-electron chi connectivity index (χ4n) is 5.31. The fraction of sp³-hybridized carbons (Fsp3) is 0.414. The van der Waals surface area contributed by atoms with E-state index >= 15 is 0 Å². The van der Waals surface area contributed by atoms with Gasteiger partial charge in [0, 0.05) is 0 Å². The van der Waals surface area contributed by atoms with Crippen molar-refractivity contribution < 1.29 is 26.1 Å². The van der Waals surface area contributed by atoms with Crippen molar-refractivity contribution >= 4 is 42.2 Å². The number of carbonyl (C=O) groups is 1. The van der Waals surface area contributed by atoms with E-state index in [-0.39, 0.29) is 35.7 Å². The minimum atomic E-state index is -4.10. The number of methoxy groups -OCH3 is 1. The van der Waals surface area contributed by atoms with E-state index in [1.54, 1.807) is 54.4 Å². The number of benzene rings is 1. The first-order chi connectivity index (χ1) is 19.6. The summed E-state index contributed by atoms with van der Waals surface area (Å²) in [6, 6.07) is 9.68. The predicted octanol–water partition coefficient (Wildman–Crippen LogP) is 2.71. The molecule has 2 saturated heterocycles. The number of aliphatic hydroxyl groups is 1. The molecule has 3 N–H and O–H groups in total. The number of nitrogens with zero attached hydrogens (tertiary/aromatic N) is 3. The SMILES string of the molecule is COc1cc(C(=O)N2CC(C)(O)C2)ccc1NCC#Cc1cc2c(NC3CCN(C)CC3F)cccn2c1[Se](F)F. The summed E-state index contributed by atoms with van der Waals surface area (Å²) in [5.41, 5.74) is 1.56. The second-order valence-electron chi connectivity index (χ2n) is 10.8. The average Bonchev–Trinajstić information content (AvgIpc) is 3.30. The summed E-state index contributed by atoms with van der Waals surface area (Å²) in [7, 11) is 3.37. The number of aromatic nitrogens is 1. The molecule has 41 heavy (non-hydrogen) atoms. The van der Waals surface area contributed by atoms with Crippen LogP contribution in [0.5, 0.6) is 5.75 Å². The second kappa shape index (κ2) is 11.9. The van der Waals surface area contributed by atoms with Gasteiger partial charge < -0.3 is 5.11 Å². The molecule has 4 heterocycles. The van der Waals surface area contributed by atoms with Crippen LogP contribution in [0.1, 0.15) is 29.3 Å². The maximum absolute atomic E-state index is 14.6. The summed E-state index contributed by atoms with van der Waals surface area (Å²) < 4.78 is 50.0. The van der Waals surface area contributed by atoms with Gasteiger partial charge in [-0.3, -0.25) is 0 Å². The number of fused-ring (bicyclic) bond motifs is 1. The summed E-state index contributed by atoms with van der Waals surface area (Å²) >= 11 is -4.10. The summed E-state index contributed by atoms with van der Waals surface area (Å²) in [4.78, 5) is 16.2. The molecule has 1 amide bonds. The van der Waals surface area contributed by atoms with E-state index in [1.165, 1.54) is 11.5 Å². The van der Waals surface area contributed by atoms with Crippen LogP contribution in [0.3, 0.4) is 0 Å². The number of hydrogen-bond acceptors (Lipinski definition) is 6. The molecule has 0 aliphatic carbocycles. The minimum absolute atomic E-state index is 0.0956. The van der Waals surface area contributed by atoms with Crippen LogP contribution >= 0.6 is 0 Å². The standard InChI is InChI=1S/C29H33F3N5O3Se/c1-29(39)17-36(18-29)27(38)19-8-9-24(26(15-19)40-3)33-11-4-6-20-14-25-23(7-5-12-37(25)28(20)41(31)32)34-22-10-13-35(2)16-21(22)30/h5,7-9,12,14-15,21-22,33-34,39H,10-11,13,16-18H2,1-3H3. The molecule has 2 atom stereocenters. The van der Waals surface area contributed by atoms with Crippen molar-refractivity contribution in [3.63, 3.8) is 0 Å². The molecule has 2 aliphatic heterocycles. The summed E-state index contributed by atoms with van der Waals surface area (Å²) in [6.07, 6.45) is 1.14. The predicted molar refractivity (Wildman–Crippen MR) is 154 cm³/mol. The molecular formula is C29H33F3N5O3Se. The molecule has 1 aromatic carbocycles. The molecule has 2 aromatic heterocycles. The quantitative estimate of drug-likeness (QED) is 0.274. The van der Waals surface area contributed by atoms with Gasteiger partial charge in [-0.1, -0.05) is 0 Å². The average molecular weight is 636 g/mol. The zero-order chi connectivity index (χ0) is 29.3. The molecule has 3 aromatic rings. The van der Waals surface area contributed by atoms with E-state index in [4.69, 9.17) is 4.74 Å². The molecule has 5 rings (SSSR count). The van der Waals surface area contributed by atoms with E-state index in [0.29, 0.717) is 41.2 Å². The molecule has 0 bridgehead atoms. The number of pyridine rings is 1. The van der Waals surface area contributed by atoms with E-state index in [0.717, 1.165) is 6.54 Å². The van der Waals surface area contributed by atoms with Crippen LogP contribution in [0.4, 0.5) is 22.9 Å². The Bertz CT molecular complexity index is 1490. The zero-order valence-electron chi connectivity index (χ0n) is 23.1. The van der Waals surface area contributed by atoms with Crippen molar-refractivity contribution in [2.24, 2.45) is 0 Å². The second-order valence-corrected chi connectivity index (χ2v) is 12.5. The molecule has 0 saturated carbocycles. The zero-order valence-corrected chi connectivity index (χ0v) is 24.8. The first kappa shape index (κ1) is 29.1. The van der Waals surface area contributed by atoms with Gasteiger partial charge in [-0.25, -0.2) is 0 Å². The number of halogens is 3. The first-order valence-electron chi connectivity index (χ1n) is 13.3. The van der Waals surface area contributed by atoms with Crippen LogP contribution in [-0.4, -0.2) is 105 Å². The number of anilines is 2. The summed E-state index contributed by atoms with van der Waals surface area (Å²) in [6.45, 7) is 3.46. The Kier molecular flexibility index (Phi) is 8.43. The molecule has 2 fully saturated rings. The number of β-amino-alcohol motifs (C(OH)–C–C–N with tert-alkyl or cyclic N) is 1. The number of alkyl halides is 1. The Hall–Kier alpha value is -3.36. The molecule has 1 radical (unpaired) electrons. The van der Waals surface area contributed by atoms with Crippen molar-refractivity contribution in [1.82, 2.24) is 14.2 Å². The third kappa shape index (κ3) is 6.28. The Morgan fingerprint density at radius 2 is 2.02 bits per heavy atom. The number of hydrogen-bond donors (Lipinski definition) is 3. The van der Waals surface area contributed by atoms with Crippen molar-refractivity contribution in [3.8, 4) is 17.6 Å². The van der Waals surface area contributed by atoms with Crippen LogP contribution in [0.15, 0.2) is 42.6 Å². The number of likely N-dealkylation sites (tertiary alicyclic amines) is 2. The van der Waals surface area contributed by atoms with Gasteiger partial charge in [0.25, 0.3) is 0 Å². The van der Waals surface area contributed by atoms with Gasteiger partial charge in [0.15, 0.2) is 0 Å². The third-order valence-corrected chi connectivity index (χ3v) is 8.87. The van der Waals surface area contributed by atoms with Crippen LogP contribution in [0, 0.1) is 11.8 Å². The van der Waals surface area contributed by atoms with Crippen molar-refractivity contribution in [1.29, 1.82) is 0 Å². The van der Waals surface area contributed by atoms with Gasteiger partial charge in [0.05, 0.1) is 18.7 Å². The van der Waals surface area contributed by atoms with Crippen molar-refractivity contribution in [2.45, 2.75) is 31.2 Å². The summed E-state index contributed by atoms with van der Waals surface area (Å²) in [5.74, 6) is 6.05. The van der Waals surface area contributed by atoms with E-state index in [1.807, 2.05) is 11.9 Å². The molecule has 2 aliphatic rings. The van der Waals surface area contributed by atoms with Gasteiger partial charge in [0.1, 0.15) is 0 Å². The number of piperidine rings is 1. The number of amides is 1. The Morgan fingerprint density at radius 1 is 1.24 bits per heavy atom. The number of rotatable bonds is 7. The number of ether oxygens (including phenoxy) is 1. The topological polar surface area (TPSA) is 81.5 Å². The van der Waals surface area contributed by atoms with Crippen LogP contribution in [0.25, 0.3) is 5.52 Å². The molecule has 219 valence electrons. The molecular weight excluding hydrogens is 602 g/mol. The van der Waals surface area contributed by atoms with Gasteiger partial charge in [-0.2, -0.15) is 0 Å². The van der Waals surface area contributed by atoms with Crippen LogP contribution < -0.4 is 20.0 Å². The Labute approximate surface area is 242 Å². The molecule has 2 unspecified atom stereocenters. The van der Waals surface area contributed by atoms with Gasteiger partial charge in [-0.05, 0) is 6.92 Å². The van der Waals surface area contributed by atoms with Crippen LogP contribution in [0.2, 0.25) is 0 Å². The van der Waals surface area contributed by atoms with Gasteiger partial charge in [0.2, 0.25) is 0 Å². The molecule has 8 nitrogen and oxygen atoms in total. The first-order valence-corrected chi connectivity index (χ1v) is 15.4. The normalized spacial score (nSPS) is 20.3. The molecule has 12 heteroatoms. The monoisotopic (exact) mass is 636 g/mol. The maximum atomic E-state index is 14.6. The Balaban J connectivity index is 1.31. The third-order valence-electron chi connectivity index (χ3n) is 7.38. The van der Waals surface area contributed by atoms with Gasteiger partial charge in [-0.15, -0.1) is 0 Å². The fourth-order valence-corrected chi connectivity index (χ4v) is 6.54. The van der Waals surface area contributed by atoms with E-state index in [9.17, 15) is 21.4 Å². The van der Waals surface area contributed by atoms with Crippen LogP contribution in [-0.2, 0) is 0 Å². The van der Waals surface area contributed by atoms with E-state index in [2.05, 4.69) is 22.5 Å². The summed E-state index contributed by atoms with van der Waals surface area (Å²) in [5, 5.41) is 16.3.